The fourth-order valence-electron chi connectivity index (χ4n) is 5.90. The third-order valence-corrected chi connectivity index (χ3v) is 7.79. The zero-order valence-electron chi connectivity index (χ0n) is 21.1. The van der Waals surface area contributed by atoms with Gasteiger partial charge in [0, 0.05) is 28.9 Å². The van der Waals surface area contributed by atoms with Gasteiger partial charge in [-0.05, 0) is 73.8 Å². The SMILES string of the molecule is c1cncc(-c2ccc3c(c2)Oc2cccc4c(-c5ccc(-c6cccc7ccccc67)cc5)ccc-3c24)c1. The molecule has 1 aliphatic rings. The Bertz CT molecular complexity index is 2020. The van der Waals surface area contributed by atoms with E-state index in [0.29, 0.717) is 0 Å². The smallest absolute Gasteiger partial charge is 0.135 e. The lowest BCUT2D eigenvalue weighted by Gasteiger charge is -2.23. The summed E-state index contributed by atoms with van der Waals surface area (Å²) in [6, 6.07) is 45.3. The number of hydrogen-bond donors (Lipinski definition) is 0. The lowest BCUT2D eigenvalue weighted by Crippen LogP contribution is -1.98. The first-order valence-corrected chi connectivity index (χ1v) is 13.2. The molecule has 0 fully saturated rings. The van der Waals surface area contributed by atoms with Gasteiger partial charge in [0.1, 0.15) is 11.5 Å². The molecule has 39 heavy (non-hydrogen) atoms. The quantitative estimate of drug-likeness (QED) is 0.242. The summed E-state index contributed by atoms with van der Waals surface area (Å²) in [4.78, 5) is 4.27. The summed E-state index contributed by atoms with van der Waals surface area (Å²) >= 11 is 0. The second-order valence-electron chi connectivity index (χ2n) is 10.00. The molecule has 0 saturated carbocycles. The van der Waals surface area contributed by atoms with Gasteiger partial charge in [0.2, 0.25) is 0 Å². The molecule has 0 radical (unpaired) electrons. The Morgan fingerprint density at radius 3 is 1.97 bits per heavy atom. The summed E-state index contributed by atoms with van der Waals surface area (Å²) in [5.74, 6) is 1.77. The van der Waals surface area contributed by atoms with Crippen molar-refractivity contribution in [3.8, 4) is 56.0 Å². The van der Waals surface area contributed by atoms with Gasteiger partial charge in [0.25, 0.3) is 0 Å². The summed E-state index contributed by atoms with van der Waals surface area (Å²) < 4.78 is 6.50. The lowest BCUT2D eigenvalue weighted by atomic mass is 9.88. The van der Waals surface area contributed by atoms with Gasteiger partial charge in [0.05, 0.1) is 0 Å². The molecule has 0 saturated heterocycles. The highest BCUT2D eigenvalue weighted by Gasteiger charge is 2.22. The van der Waals surface area contributed by atoms with Gasteiger partial charge < -0.3 is 4.74 Å². The van der Waals surface area contributed by atoms with Crippen LogP contribution in [0.4, 0.5) is 0 Å². The molecule has 2 heteroatoms. The number of fused-ring (bicyclic) bond motifs is 3. The molecular formula is C37H23NO. The molecule has 0 unspecified atom stereocenters. The minimum atomic E-state index is 0.878. The summed E-state index contributed by atoms with van der Waals surface area (Å²) in [7, 11) is 0. The number of ether oxygens (including phenoxy) is 1. The molecule has 0 bridgehead atoms. The largest absolute Gasteiger partial charge is 0.456 e. The van der Waals surface area contributed by atoms with Crippen molar-refractivity contribution >= 4 is 21.5 Å². The predicted octanol–water partition coefficient (Wildman–Crippen LogP) is 10.2. The molecule has 6 aromatic carbocycles. The van der Waals surface area contributed by atoms with Crippen LogP contribution in [0.5, 0.6) is 11.5 Å². The Balaban J connectivity index is 1.22. The van der Waals surface area contributed by atoms with Crippen LogP contribution in [0, 0.1) is 0 Å². The summed E-state index contributed by atoms with van der Waals surface area (Å²) in [6.45, 7) is 0. The van der Waals surface area contributed by atoms with Crippen molar-refractivity contribution in [3.05, 3.63) is 140 Å². The first-order chi connectivity index (χ1) is 19.3. The third kappa shape index (κ3) is 3.53. The molecule has 0 amide bonds. The van der Waals surface area contributed by atoms with Crippen LogP contribution in [0.1, 0.15) is 0 Å². The second kappa shape index (κ2) is 8.68. The Morgan fingerprint density at radius 2 is 1.13 bits per heavy atom. The Hall–Kier alpha value is -5.21. The van der Waals surface area contributed by atoms with Crippen molar-refractivity contribution in [1.82, 2.24) is 4.98 Å². The van der Waals surface area contributed by atoms with Gasteiger partial charge in [0.15, 0.2) is 0 Å². The van der Waals surface area contributed by atoms with Crippen LogP contribution in [0.3, 0.4) is 0 Å². The van der Waals surface area contributed by atoms with Crippen molar-refractivity contribution < 1.29 is 4.74 Å². The summed E-state index contributed by atoms with van der Waals surface area (Å²) in [5.41, 5.74) is 9.38. The number of nitrogens with zero attached hydrogens (tertiary/aromatic N) is 1. The van der Waals surface area contributed by atoms with Gasteiger partial charge in [-0.2, -0.15) is 0 Å². The molecule has 8 rings (SSSR count). The standard InChI is InChI=1S/C37H23NO/c1-2-9-29-24(6-1)7-3-10-30(29)25-13-15-26(16-14-25)31-19-20-34-32-18-17-27(28-8-5-21-38-23-28)22-36(32)39-35-12-4-11-33(31)37(34)35/h1-23H. The average molecular weight is 498 g/mol. The van der Waals surface area contributed by atoms with E-state index in [1.54, 1.807) is 6.20 Å². The van der Waals surface area contributed by atoms with Crippen molar-refractivity contribution in [1.29, 1.82) is 0 Å². The van der Waals surface area contributed by atoms with E-state index in [4.69, 9.17) is 4.74 Å². The van der Waals surface area contributed by atoms with E-state index in [1.165, 1.54) is 44.0 Å². The van der Waals surface area contributed by atoms with Crippen LogP contribution < -0.4 is 4.74 Å². The van der Waals surface area contributed by atoms with E-state index in [9.17, 15) is 0 Å². The minimum absolute atomic E-state index is 0.878. The van der Waals surface area contributed by atoms with E-state index in [2.05, 4.69) is 126 Å². The zero-order valence-corrected chi connectivity index (χ0v) is 21.1. The highest BCUT2D eigenvalue weighted by Crippen LogP contribution is 2.49. The Morgan fingerprint density at radius 1 is 0.436 bits per heavy atom. The molecule has 2 heterocycles. The van der Waals surface area contributed by atoms with Crippen LogP contribution in [0.15, 0.2) is 140 Å². The normalized spacial score (nSPS) is 11.8. The Kier molecular flexibility index (Phi) is 4.86. The predicted molar refractivity (Wildman–Crippen MR) is 161 cm³/mol. The minimum Gasteiger partial charge on any atom is -0.456 e. The molecule has 7 aromatic rings. The number of benzene rings is 6. The average Bonchev–Trinajstić information content (AvgIpc) is 3.01. The highest BCUT2D eigenvalue weighted by atomic mass is 16.5. The maximum absolute atomic E-state index is 6.50. The van der Waals surface area contributed by atoms with Crippen LogP contribution >= 0.6 is 0 Å². The van der Waals surface area contributed by atoms with Gasteiger partial charge in [-0.15, -0.1) is 0 Å². The monoisotopic (exact) mass is 497 g/mol. The molecular weight excluding hydrogens is 474 g/mol. The number of pyridine rings is 1. The zero-order chi connectivity index (χ0) is 25.8. The van der Waals surface area contributed by atoms with Crippen LogP contribution in [0.25, 0.3) is 66.1 Å². The van der Waals surface area contributed by atoms with Crippen molar-refractivity contribution in [2.24, 2.45) is 0 Å². The van der Waals surface area contributed by atoms with Gasteiger partial charge in [-0.1, -0.05) is 103 Å². The number of aromatic nitrogens is 1. The lowest BCUT2D eigenvalue weighted by molar-refractivity contribution is 0.487. The van der Waals surface area contributed by atoms with Crippen molar-refractivity contribution in [2.45, 2.75) is 0 Å². The third-order valence-electron chi connectivity index (χ3n) is 7.79. The molecule has 182 valence electrons. The topological polar surface area (TPSA) is 22.1 Å². The first-order valence-electron chi connectivity index (χ1n) is 13.2. The van der Waals surface area contributed by atoms with Gasteiger partial charge in [-0.3, -0.25) is 4.98 Å². The van der Waals surface area contributed by atoms with Crippen LogP contribution in [0.2, 0.25) is 0 Å². The first kappa shape index (κ1) is 21.8. The maximum atomic E-state index is 6.50. The van der Waals surface area contributed by atoms with E-state index in [1.807, 2.05) is 12.3 Å². The molecule has 0 aliphatic carbocycles. The summed E-state index contributed by atoms with van der Waals surface area (Å²) in [5, 5.41) is 4.90. The van der Waals surface area contributed by atoms with Gasteiger partial charge >= 0.3 is 0 Å². The second-order valence-corrected chi connectivity index (χ2v) is 10.00. The molecule has 2 nitrogen and oxygen atoms in total. The Labute approximate surface area is 226 Å². The van der Waals surface area contributed by atoms with E-state index >= 15 is 0 Å². The van der Waals surface area contributed by atoms with E-state index in [0.717, 1.165) is 33.6 Å². The van der Waals surface area contributed by atoms with E-state index in [-0.39, 0.29) is 0 Å². The maximum Gasteiger partial charge on any atom is 0.135 e. The number of rotatable bonds is 3. The fraction of sp³-hybridized carbons (Fsp3) is 0. The molecule has 0 atom stereocenters. The van der Waals surface area contributed by atoms with Crippen LogP contribution in [-0.4, -0.2) is 4.98 Å². The van der Waals surface area contributed by atoms with Gasteiger partial charge in [-0.25, -0.2) is 0 Å². The number of hydrogen-bond acceptors (Lipinski definition) is 2. The molecule has 0 spiro atoms. The van der Waals surface area contributed by atoms with E-state index < -0.39 is 0 Å². The molecule has 1 aliphatic heterocycles. The van der Waals surface area contributed by atoms with Crippen molar-refractivity contribution in [3.63, 3.8) is 0 Å². The van der Waals surface area contributed by atoms with Crippen molar-refractivity contribution in [2.75, 3.05) is 0 Å². The molecule has 1 aromatic heterocycles. The van der Waals surface area contributed by atoms with Crippen LogP contribution in [-0.2, 0) is 0 Å². The highest BCUT2D eigenvalue weighted by molar-refractivity contribution is 6.10. The molecule has 0 N–H and O–H groups in total. The fourth-order valence-corrected chi connectivity index (χ4v) is 5.90. The summed E-state index contributed by atoms with van der Waals surface area (Å²) in [6.07, 6.45) is 3.68.